The summed E-state index contributed by atoms with van der Waals surface area (Å²) in [6.07, 6.45) is 0. The number of phenolic OH excluding ortho intramolecular Hbond substituents is 1. The quantitative estimate of drug-likeness (QED) is 0.132. The molecule has 42 heavy (non-hydrogen) atoms. The summed E-state index contributed by atoms with van der Waals surface area (Å²) in [5.74, 6) is -0.377. The number of carbonyl (C=O) groups excluding carboxylic acids is 1. The van der Waals surface area contributed by atoms with Gasteiger partial charge in [-0.25, -0.2) is 0 Å². The van der Waals surface area contributed by atoms with E-state index in [2.05, 4.69) is 48.5 Å². The molecule has 11 nitrogen and oxygen atoms in total. The zero-order valence-electron chi connectivity index (χ0n) is 21.4. The number of phenols is 1. The summed E-state index contributed by atoms with van der Waals surface area (Å²) >= 11 is 0. The first kappa shape index (κ1) is 26.0. The molecule has 1 aliphatic rings. The van der Waals surface area contributed by atoms with Gasteiger partial charge >= 0.3 is 0 Å². The van der Waals surface area contributed by atoms with Crippen molar-refractivity contribution in [3.63, 3.8) is 0 Å². The van der Waals surface area contributed by atoms with Crippen molar-refractivity contribution in [1.29, 1.82) is 0 Å². The van der Waals surface area contributed by atoms with E-state index in [0.717, 1.165) is 35.0 Å². The molecule has 1 N–H and O–H groups in total. The number of nitro groups is 3. The standard InChI is InChI=1S/C18H12O.C13H5N3O7/c19-17-7-3-6-16-15(17)11-10-13-9-8-12-4-1-2-5-14(12)18(13)16;17-13-9-3-6(14(18)19)1-2-8(9)12-10(13)4-7(15(20)21)5-11(12)16(22)23/h1-11,19H;1-5H. The van der Waals surface area contributed by atoms with E-state index in [1.807, 2.05) is 12.1 Å². The Morgan fingerprint density at radius 1 is 0.548 bits per heavy atom. The van der Waals surface area contributed by atoms with Gasteiger partial charge in [-0.1, -0.05) is 60.7 Å². The molecule has 7 rings (SSSR count). The molecule has 0 spiro atoms. The van der Waals surface area contributed by atoms with Crippen LogP contribution in [0.2, 0.25) is 0 Å². The largest absolute Gasteiger partial charge is 0.507 e. The molecule has 0 saturated carbocycles. The van der Waals surface area contributed by atoms with Crippen molar-refractivity contribution >= 4 is 55.2 Å². The van der Waals surface area contributed by atoms with Gasteiger partial charge in [0.25, 0.3) is 17.1 Å². The minimum absolute atomic E-state index is 0.0597. The number of benzene rings is 6. The smallest absolute Gasteiger partial charge is 0.284 e. The number of rotatable bonds is 3. The highest BCUT2D eigenvalue weighted by molar-refractivity contribution is 6.24. The summed E-state index contributed by atoms with van der Waals surface area (Å²) in [7, 11) is 0. The molecule has 0 atom stereocenters. The second-order valence-electron chi connectivity index (χ2n) is 9.54. The van der Waals surface area contributed by atoms with E-state index >= 15 is 0 Å². The highest BCUT2D eigenvalue weighted by atomic mass is 16.6. The average Bonchev–Trinajstić information content (AvgIpc) is 3.27. The number of non-ortho nitro benzene ring substituents is 2. The fourth-order valence-corrected chi connectivity index (χ4v) is 5.37. The highest BCUT2D eigenvalue weighted by Crippen LogP contribution is 2.45. The summed E-state index contributed by atoms with van der Waals surface area (Å²) in [5, 5.41) is 49.8. The molecule has 6 aromatic rings. The second-order valence-corrected chi connectivity index (χ2v) is 9.54. The molecule has 0 aromatic heterocycles. The number of hydrogen-bond donors (Lipinski definition) is 1. The molecule has 0 heterocycles. The van der Waals surface area contributed by atoms with Gasteiger partial charge < -0.3 is 5.11 Å². The Morgan fingerprint density at radius 2 is 1.21 bits per heavy atom. The van der Waals surface area contributed by atoms with Crippen molar-refractivity contribution in [3.05, 3.63) is 139 Å². The van der Waals surface area contributed by atoms with Crippen LogP contribution in [0.5, 0.6) is 5.75 Å². The lowest BCUT2D eigenvalue weighted by atomic mass is 9.96. The number of fused-ring (bicyclic) bond motifs is 8. The Bertz CT molecular complexity index is 2170. The van der Waals surface area contributed by atoms with Crippen LogP contribution in [0.1, 0.15) is 15.9 Å². The van der Waals surface area contributed by atoms with Crippen LogP contribution in [-0.4, -0.2) is 25.7 Å². The van der Waals surface area contributed by atoms with E-state index in [-0.39, 0.29) is 27.9 Å². The summed E-state index contributed by atoms with van der Waals surface area (Å²) in [5.41, 5.74) is -1.73. The molecule has 0 bridgehead atoms. The van der Waals surface area contributed by atoms with Crippen molar-refractivity contribution in [1.82, 2.24) is 0 Å². The maximum atomic E-state index is 12.3. The van der Waals surface area contributed by atoms with Gasteiger partial charge in [0, 0.05) is 40.3 Å². The van der Waals surface area contributed by atoms with Crippen molar-refractivity contribution in [3.8, 4) is 16.9 Å². The number of ketones is 1. The van der Waals surface area contributed by atoms with E-state index in [4.69, 9.17) is 0 Å². The molecule has 0 radical (unpaired) electrons. The Kier molecular flexibility index (Phi) is 6.04. The Morgan fingerprint density at radius 3 is 1.95 bits per heavy atom. The fourth-order valence-electron chi connectivity index (χ4n) is 5.37. The van der Waals surface area contributed by atoms with Gasteiger partial charge in [0.2, 0.25) is 0 Å². The lowest BCUT2D eigenvalue weighted by Crippen LogP contribution is -2.00. The lowest BCUT2D eigenvalue weighted by molar-refractivity contribution is -0.393. The van der Waals surface area contributed by atoms with Crippen molar-refractivity contribution in [2.75, 3.05) is 0 Å². The first-order chi connectivity index (χ1) is 20.2. The monoisotopic (exact) mass is 559 g/mol. The van der Waals surface area contributed by atoms with Crippen LogP contribution in [0.3, 0.4) is 0 Å². The molecule has 0 unspecified atom stereocenters. The van der Waals surface area contributed by atoms with Gasteiger partial charge in [-0.2, -0.15) is 0 Å². The zero-order chi connectivity index (χ0) is 29.7. The summed E-state index contributed by atoms with van der Waals surface area (Å²) in [6, 6.07) is 27.5. The average molecular weight is 559 g/mol. The molecule has 11 heteroatoms. The van der Waals surface area contributed by atoms with E-state index in [9.17, 15) is 40.2 Å². The molecule has 6 aromatic carbocycles. The number of nitro benzene ring substituents is 3. The third-order valence-electron chi connectivity index (χ3n) is 7.23. The Balaban J connectivity index is 0.000000153. The van der Waals surface area contributed by atoms with Gasteiger partial charge in [0.05, 0.1) is 26.4 Å². The van der Waals surface area contributed by atoms with Crippen molar-refractivity contribution in [2.45, 2.75) is 0 Å². The van der Waals surface area contributed by atoms with E-state index in [0.29, 0.717) is 5.75 Å². The minimum Gasteiger partial charge on any atom is -0.507 e. The number of hydrogen-bond acceptors (Lipinski definition) is 8. The maximum Gasteiger partial charge on any atom is 0.284 e. The summed E-state index contributed by atoms with van der Waals surface area (Å²) < 4.78 is 0. The van der Waals surface area contributed by atoms with Crippen LogP contribution in [0.15, 0.2) is 97.1 Å². The van der Waals surface area contributed by atoms with Crippen LogP contribution in [0.25, 0.3) is 43.4 Å². The molecular formula is C31H17N3O8. The predicted molar refractivity (Wildman–Crippen MR) is 156 cm³/mol. The normalized spacial score (nSPS) is 11.6. The van der Waals surface area contributed by atoms with Crippen LogP contribution in [0, 0.1) is 30.3 Å². The van der Waals surface area contributed by atoms with E-state index in [1.165, 1.54) is 27.6 Å². The van der Waals surface area contributed by atoms with Crippen LogP contribution in [-0.2, 0) is 0 Å². The number of nitrogens with zero attached hydrogens (tertiary/aromatic N) is 3. The summed E-state index contributed by atoms with van der Waals surface area (Å²) in [4.78, 5) is 42.8. The first-order valence-corrected chi connectivity index (χ1v) is 12.5. The zero-order valence-corrected chi connectivity index (χ0v) is 21.4. The lowest BCUT2D eigenvalue weighted by Gasteiger charge is -2.08. The fraction of sp³-hybridized carbons (Fsp3) is 0. The Labute approximate surface area is 235 Å². The van der Waals surface area contributed by atoms with E-state index < -0.39 is 31.9 Å². The van der Waals surface area contributed by atoms with Crippen LogP contribution in [0.4, 0.5) is 17.1 Å². The highest BCUT2D eigenvalue weighted by Gasteiger charge is 2.36. The molecule has 1 aliphatic carbocycles. The first-order valence-electron chi connectivity index (χ1n) is 12.5. The predicted octanol–water partition coefficient (Wildman–Crippen LogP) is 7.47. The SMILES string of the molecule is O=C1c2cc([N+](=O)[O-])ccc2-c2c1cc([N+](=O)[O-])cc2[N+](=O)[O-].Oc1cccc2c1ccc1ccc3ccccc3c12. The van der Waals surface area contributed by atoms with Gasteiger partial charge in [-0.15, -0.1) is 0 Å². The van der Waals surface area contributed by atoms with Gasteiger partial charge in [-0.3, -0.25) is 35.1 Å². The van der Waals surface area contributed by atoms with Crippen molar-refractivity contribution < 1.29 is 24.7 Å². The minimum atomic E-state index is -0.841. The number of carbonyl (C=O) groups is 1. The summed E-state index contributed by atoms with van der Waals surface area (Å²) in [6.45, 7) is 0. The van der Waals surface area contributed by atoms with Crippen LogP contribution < -0.4 is 0 Å². The number of aromatic hydroxyl groups is 1. The topological polar surface area (TPSA) is 167 Å². The van der Waals surface area contributed by atoms with Gasteiger partial charge in [0.1, 0.15) is 5.75 Å². The molecule has 0 amide bonds. The third-order valence-corrected chi connectivity index (χ3v) is 7.23. The molecule has 0 aliphatic heterocycles. The van der Waals surface area contributed by atoms with Gasteiger partial charge in [-0.05, 0) is 39.1 Å². The van der Waals surface area contributed by atoms with Crippen molar-refractivity contribution in [2.24, 2.45) is 0 Å². The Hall–Kier alpha value is -6.23. The molecule has 0 fully saturated rings. The second kappa shape index (κ2) is 9.75. The molecule has 0 saturated heterocycles. The molecular weight excluding hydrogens is 542 g/mol. The van der Waals surface area contributed by atoms with E-state index in [1.54, 1.807) is 6.07 Å². The third kappa shape index (κ3) is 4.12. The van der Waals surface area contributed by atoms with Gasteiger partial charge in [0.15, 0.2) is 5.78 Å². The molecule has 204 valence electrons. The van der Waals surface area contributed by atoms with Crippen LogP contribution >= 0.6 is 0 Å². The maximum absolute atomic E-state index is 12.3.